The van der Waals surface area contributed by atoms with Crippen molar-refractivity contribution in [1.29, 1.82) is 0 Å². The van der Waals surface area contributed by atoms with Crippen molar-refractivity contribution < 1.29 is 0 Å². The molecule has 78 valence electrons. The monoisotopic (exact) mass is 209 g/mol. The molecule has 0 aliphatic heterocycles. The lowest BCUT2D eigenvalue weighted by molar-refractivity contribution is 0.224. The Hall–Kier alpha value is -0.340. The molecule has 0 amide bonds. The third kappa shape index (κ3) is 1.73. The molecule has 1 aliphatic rings. The SMILES string of the molecule is CC1(C)CCCC1C(N)c1cccs1. The van der Waals surface area contributed by atoms with E-state index in [2.05, 4.69) is 31.4 Å². The molecule has 2 unspecified atom stereocenters. The molecule has 2 heteroatoms. The van der Waals surface area contributed by atoms with E-state index in [1.807, 2.05) is 0 Å². The van der Waals surface area contributed by atoms with Crippen LogP contribution in [0.1, 0.15) is 44.0 Å². The van der Waals surface area contributed by atoms with Crippen LogP contribution in [0.4, 0.5) is 0 Å². The molecule has 2 atom stereocenters. The Bertz CT molecular complexity index is 289. The highest BCUT2D eigenvalue weighted by atomic mass is 32.1. The summed E-state index contributed by atoms with van der Waals surface area (Å²) in [4.78, 5) is 1.35. The highest BCUT2D eigenvalue weighted by molar-refractivity contribution is 7.10. The summed E-state index contributed by atoms with van der Waals surface area (Å²) >= 11 is 1.79. The van der Waals surface area contributed by atoms with E-state index < -0.39 is 0 Å². The minimum Gasteiger partial charge on any atom is -0.323 e. The van der Waals surface area contributed by atoms with E-state index in [0.717, 1.165) is 0 Å². The third-order valence-electron chi connectivity index (χ3n) is 3.65. The van der Waals surface area contributed by atoms with Crippen LogP contribution in [0.5, 0.6) is 0 Å². The van der Waals surface area contributed by atoms with Crippen LogP contribution in [0, 0.1) is 11.3 Å². The van der Waals surface area contributed by atoms with Gasteiger partial charge in [-0.2, -0.15) is 0 Å². The molecule has 0 spiro atoms. The van der Waals surface area contributed by atoms with Gasteiger partial charge >= 0.3 is 0 Å². The third-order valence-corrected chi connectivity index (χ3v) is 4.62. The number of rotatable bonds is 2. The molecule has 1 saturated carbocycles. The van der Waals surface area contributed by atoms with Gasteiger partial charge in [0.15, 0.2) is 0 Å². The summed E-state index contributed by atoms with van der Waals surface area (Å²) in [5.41, 5.74) is 6.76. The summed E-state index contributed by atoms with van der Waals surface area (Å²) in [7, 11) is 0. The van der Waals surface area contributed by atoms with Crippen LogP contribution in [-0.4, -0.2) is 0 Å². The van der Waals surface area contributed by atoms with Crippen molar-refractivity contribution in [1.82, 2.24) is 0 Å². The van der Waals surface area contributed by atoms with Crippen molar-refractivity contribution in [3.05, 3.63) is 22.4 Å². The summed E-state index contributed by atoms with van der Waals surface area (Å²) in [5, 5.41) is 2.12. The van der Waals surface area contributed by atoms with Gasteiger partial charge in [0.25, 0.3) is 0 Å². The Morgan fingerprint density at radius 3 is 2.86 bits per heavy atom. The van der Waals surface area contributed by atoms with Gasteiger partial charge in [0.2, 0.25) is 0 Å². The second-order valence-electron chi connectivity index (χ2n) is 5.03. The van der Waals surface area contributed by atoms with Gasteiger partial charge in [-0.05, 0) is 35.6 Å². The van der Waals surface area contributed by atoms with Crippen molar-refractivity contribution >= 4 is 11.3 Å². The fourth-order valence-corrected chi connectivity index (χ4v) is 3.49. The zero-order valence-corrected chi connectivity index (χ0v) is 9.81. The van der Waals surface area contributed by atoms with E-state index in [1.165, 1.54) is 24.1 Å². The second kappa shape index (κ2) is 3.67. The Balaban J connectivity index is 2.16. The van der Waals surface area contributed by atoms with Crippen LogP contribution in [0.15, 0.2) is 17.5 Å². The number of thiophene rings is 1. The molecular weight excluding hydrogens is 190 g/mol. The smallest absolute Gasteiger partial charge is 0.0423 e. The molecule has 1 nitrogen and oxygen atoms in total. The lowest BCUT2D eigenvalue weighted by atomic mass is 9.77. The minimum absolute atomic E-state index is 0.257. The second-order valence-corrected chi connectivity index (χ2v) is 6.01. The predicted octanol–water partition coefficient (Wildman–Crippen LogP) is 3.57. The van der Waals surface area contributed by atoms with Crippen molar-refractivity contribution in [2.24, 2.45) is 17.1 Å². The van der Waals surface area contributed by atoms with Crippen LogP contribution in [0.2, 0.25) is 0 Å². The van der Waals surface area contributed by atoms with E-state index in [9.17, 15) is 0 Å². The van der Waals surface area contributed by atoms with Gasteiger partial charge in [-0.1, -0.05) is 26.3 Å². The Morgan fingerprint density at radius 1 is 1.57 bits per heavy atom. The van der Waals surface area contributed by atoms with Crippen molar-refractivity contribution in [3.8, 4) is 0 Å². The van der Waals surface area contributed by atoms with Gasteiger partial charge in [0.1, 0.15) is 0 Å². The van der Waals surface area contributed by atoms with Gasteiger partial charge in [-0.3, -0.25) is 0 Å². The van der Waals surface area contributed by atoms with Gasteiger partial charge in [0, 0.05) is 10.9 Å². The zero-order chi connectivity index (χ0) is 10.2. The molecule has 0 radical (unpaired) electrons. The summed E-state index contributed by atoms with van der Waals surface area (Å²) in [5.74, 6) is 0.668. The largest absolute Gasteiger partial charge is 0.323 e. The number of hydrogen-bond acceptors (Lipinski definition) is 2. The van der Waals surface area contributed by atoms with E-state index in [-0.39, 0.29) is 6.04 Å². The standard InChI is InChI=1S/C12H19NS/c1-12(2)7-3-5-9(12)11(13)10-6-4-8-14-10/h4,6,8-9,11H,3,5,7,13H2,1-2H3. The van der Waals surface area contributed by atoms with E-state index >= 15 is 0 Å². The molecule has 2 rings (SSSR count). The summed E-state index contributed by atoms with van der Waals surface area (Å²) < 4.78 is 0. The van der Waals surface area contributed by atoms with Gasteiger partial charge in [-0.25, -0.2) is 0 Å². The molecule has 14 heavy (non-hydrogen) atoms. The van der Waals surface area contributed by atoms with Crippen LogP contribution in [0.3, 0.4) is 0 Å². The van der Waals surface area contributed by atoms with Crippen molar-refractivity contribution in [2.75, 3.05) is 0 Å². The fourth-order valence-electron chi connectivity index (χ4n) is 2.70. The Kier molecular flexibility index (Phi) is 2.67. The highest BCUT2D eigenvalue weighted by Crippen LogP contribution is 2.48. The summed E-state index contributed by atoms with van der Waals surface area (Å²) in [6.07, 6.45) is 3.97. The molecule has 2 N–H and O–H groups in total. The summed E-state index contributed by atoms with van der Waals surface area (Å²) in [6.45, 7) is 4.72. The molecule has 1 aliphatic carbocycles. The average Bonchev–Trinajstić information content (AvgIpc) is 2.71. The maximum absolute atomic E-state index is 6.33. The first kappa shape index (κ1) is 10.2. The topological polar surface area (TPSA) is 26.0 Å². The lowest BCUT2D eigenvalue weighted by Gasteiger charge is -2.31. The van der Waals surface area contributed by atoms with Gasteiger partial charge < -0.3 is 5.73 Å². The van der Waals surface area contributed by atoms with E-state index in [1.54, 1.807) is 11.3 Å². The molecule has 0 aromatic carbocycles. The lowest BCUT2D eigenvalue weighted by Crippen LogP contribution is -2.28. The summed E-state index contributed by atoms with van der Waals surface area (Å²) in [6, 6.07) is 4.53. The quantitative estimate of drug-likeness (QED) is 0.791. The Labute approximate surface area is 90.3 Å². The van der Waals surface area contributed by atoms with Gasteiger partial charge in [-0.15, -0.1) is 11.3 Å². The zero-order valence-electron chi connectivity index (χ0n) is 8.99. The molecular formula is C12H19NS. The van der Waals surface area contributed by atoms with Crippen molar-refractivity contribution in [3.63, 3.8) is 0 Å². The molecule has 1 fully saturated rings. The van der Waals surface area contributed by atoms with Crippen LogP contribution in [0.25, 0.3) is 0 Å². The van der Waals surface area contributed by atoms with Crippen LogP contribution < -0.4 is 5.73 Å². The fraction of sp³-hybridized carbons (Fsp3) is 0.667. The molecule has 0 bridgehead atoms. The maximum atomic E-state index is 6.33. The minimum atomic E-state index is 0.257. The molecule has 1 heterocycles. The predicted molar refractivity (Wildman–Crippen MR) is 62.4 cm³/mol. The molecule has 0 saturated heterocycles. The molecule has 1 aromatic heterocycles. The maximum Gasteiger partial charge on any atom is 0.0423 e. The first-order chi connectivity index (χ1) is 6.61. The average molecular weight is 209 g/mol. The first-order valence-electron chi connectivity index (χ1n) is 5.40. The van der Waals surface area contributed by atoms with Crippen LogP contribution >= 0.6 is 11.3 Å². The van der Waals surface area contributed by atoms with Gasteiger partial charge in [0.05, 0.1) is 0 Å². The Morgan fingerprint density at radius 2 is 2.36 bits per heavy atom. The highest BCUT2D eigenvalue weighted by Gasteiger charge is 2.38. The van der Waals surface area contributed by atoms with Crippen molar-refractivity contribution in [2.45, 2.75) is 39.2 Å². The first-order valence-corrected chi connectivity index (χ1v) is 6.28. The normalized spacial score (nSPS) is 27.8. The van der Waals surface area contributed by atoms with E-state index in [0.29, 0.717) is 11.3 Å². The van der Waals surface area contributed by atoms with E-state index in [4.69, 9.17) is 5.73 Å². The number of nitrogens with two attached hydrogens (primary N) is 1. The molecule has 1 aromatic rings. The number of hydrogen-bond donors (Lipinski definition) is 1. The van der Waals surface area contributed by atoms with Crippen LogP contribution in [-0.2, 0) is 0 Å².